The van der Waals surface area contributed by atoms with Crippen molar-refractivity contribution in [2.45, 2.75) is 214 Å². The number of allylic oxidation sites excluding steroid dienone is 4. The summed E-state index contributed by atoms with van der Waals surface area (Å²) in [5.41, 5.74) is 2.12. The zero-order chi connectivity index (χ0) is 43.7. The van der Waals surface area contributed by atoms with Crippen LogP contribution in [0.4, 0.5) is 0 Å². The molecule has 0 aromatic rings. The molecule has 60 heavy (non-hydrogen) atoms. The van der Waals surface area contributed by atoms with Gasteiger partial charge in [-0.25, -0.2) is 5.48 Å². The number of aliphatic hydroxyl groups excluding tert-OH is 1. The quantitative estimate of drug-likeness (QED) is 0.0179. The number of aliphatic hydroxyl groups is 1. The Morgan fingerprint density at radius 3 is 1.53 bits per heavy atom. The minimum Gasteiger partial charge on any atom is -0.465 e. The van der Waals surface area contributed by atoms with Gasteiger partial charge in [-0.3, -0.25) is 9.59 Å². The molecule has 353 valence electrons. The Balaban J connectivity index is -0.00000288. The van der Waals surface area contributed by atoms with Crippen LogP contribution in [0.5, 0.6) is 0 Å². The number of hydrogen-bond donors (Lipinski definition) is 3. The predicted molar refractivity (Wildman–Crippen MR) is 246 cm³/mol. The van der Waals surface area contributed by atoms with Crippen LogP contribution in [0.25, 0.3) is 0 Å². The Morgan fingerprint density at radius 2 is 1.03 bits per heavy atom. The molecule has 0 bridgehead atoms. The van der Waals surface area contributed by atoms with Gasteiger partial charge >= 0.3 is 11.9 Å². The van der Waals surface area contributed by atoms with Crippen LogP contribution in [0, 0.1) is 5.92 Å². The van der Waals surface area contributed by atoms with Crippen LogP contribution in [-0.2, 0) is 61.2 Å². The van der Waals surface area contributed by atoms with Gasteiger partial charge in [-0.05, 0) is 70.9 Å². The third-order valence-corrected chi connectivity index (χ3v) is 10.4. The standard InChI is InChI=1S/C42H79NO7.C7H17NO.Y/c1-4-7-10-13-16-17-18-19-20-21-22-23-24-25-28-31-40(44)49-37-39(36-43-46)38-50-41(45)32-33-42(47-34-29-26-14-11-8-5-2)48-35-30-27-15-12-9-6-3;1-3-8(4-2)6-5-7-9;/h16-17,19-20,39,42-43,46H,4-15,18,21-38H2,1-3H3;9H,3-7H2,1-2H3;/b17-16-,20-19-;;. The van der Waals surface area contributed by atoms with Crippen LogP contribution in [0.1, 0.15) is 208 Å². The summed E-state index contributed by atoms with van der Waals surface area (Å²) in [7, 11) is 0. The van der Waals surface area contributed by atoms with Crippen molar-refractivity contribution in [2.24, 2.45) is 5.92 Å². The summed E-state index contributed by atoms with van der Waals surface area (Å²) in [4.78, 5) is 27.2. The zero-order valence-electron chi connectivity index (χ0n) is 39.8. The van der Waals surface area contributed by atoms with Gasteiger partial charge in [-0.15, -0.1) is 0 Å². The van der Waals surface area contributed by atoms with Crippen LogP contribution in [-0.4, -0.2) is 92.7 Å². The van der Waals surface area contributed by atoms with E-state index in [0.717, 1.165) is 83.8 Å². The number of ether oxygens (including phenoxy) is 4. The van der Waals surface area contributed by atoms with E-state index in [9.17, 15) is 14.8 Å². The Hall–Kier alpha value is -0.716. The minimum atomic E-state index is -0.418. The molecule has 0 amide bonds. The first-order valence-electron chi connectivity index (χ1n) is 24.5. The summed E-state index contributed by atoms with van der Waals surface area (Å²) >= 11 is 0. The number of hydroxylamine groups is 1. The van der Waals surface area contributed by atoms with Crippen molar-refractivity contribution in [1.82, 2.24) is 10.4 Å². The van der Waals surface area contributed by atoms with Crippen molar-refractivity contribution in [3.05, 3.63) is 24.3 Å². The summed E-state index contributed by atoms with van der Waals surface area (Å²) in [6.45, 7) is 16.1. The molecule has 0 aromatic heterocycles. The van der Waals surface area contributed by atoms with Gasteiger partial charge < -0.3 is 34.2 Å². The van der Waals surface area contributed by atoms with E-state index < -0.39 is 6.29 Å². The number of carbonyl (C=O) groups excluding carboxylic acids is 2. The van der Waals surface area contributed by atoms with Crippen molar-refractivity contribution in [3.63, 3.8) is 0 Å². The molecule has 1 radical (unpaired) electrons. The van der Waals surface area contributed by atoms with Crippen LogP contribution in [0.15, 0.2) is 24.3 Å². The maximum absolute atomic E-state index is 12.6. The molecule has 10 nitrogen and oxygen atoms in total. The molecule has 0 aromatic carbocycles. The molecule has 0 aliphatic heterocycles. The van der Waals surface area contributed by atoms with Crippen LogP contribution in [0.3, 0.4) is 0 Å². The van der Waals surface area contributed by atoms with E-state index in [-0.39, 0.29) is 76.7 Å². The number of nitrogens with one attached hydrogen (secondary N) is 1. The van der Waals surface area contributed by atoms with Gasteiger partial charge in [0.15, 0.2) is 6.29 Å². The molecule has 0 spiro atoms. The van der Waals surface area contributed by atoms with E-state index in [1.165, 1.54) is 89.9 Å². The Morgan fingerprint density at radius 1 is 0.583 bits per heavy atom. The third-order valence-electron chi connectivity index (χ3n) is 10.4. The van der Waals surface area contributed by atoms with Gasteiger partial charge in [0.2, 0.25) is 0 Å². The molecule has 1 atom stereocenters. The monoisotopic (exact) mass is 930 g/mol. The number of unbranched alkanes of at least 4 members (excludes halogenated alkanes) is 18. The van der Waals surface area contributed by atoms with E-state index in [2.05, 4.69) is 69.3 Å². The largest absolute Gasteiger partial charge is 0.465 e. The smallest absolute Gasteiger partial charge is 0.305 e. The van der Waals surface area contributed by atoms with Gasteiger partial charge in [0.1, 0.15) is 0 Å². The number of rotatable bonds is 44. The fourth-order valence-electron chi connectivity index (χ4n) is 6.42. The average molecular weight is 930 g/mol. The summed E-state index contributed by atoms with van der Waals surface area (Å²) in [6.07, 6.45) is 37.3. The van der Waals surface area contributed by atoms with Crippen molar-refractivity contribution in [3.8, 4) is 0 Å². The summed E-state index contributed by atoms with van der Waals surface area (Å²) in [5, 5.41) is 17.7. The van der Waals surface area contributed by atoms with Crippen LogP contribution >= 0.6 is 0 Å². The second-order valence-corrected chi connectivity index (χ2v) is 15.9. The van der Waals surface area contributed by atoms with Crippen molar-refractivity contribution in [2.75, 3.05) is 59.2 Å². The number of carbonyl (C=O) groups is 2. The first-order chi connectivity index (χ1) is 28.9. The average Bonchev–Trinajstić information content (AvgIpc) is 3.24. The fraction of sp³-hybridized carbons (Fsp3) is 0.878. The van der Waals surface area contributed by atoms with E-state index in [0.29, 0.717) is 32.7 Å². The third kappa shape index (κ3) is 49.9. The Kier molecular flexibility index (Phi) is 57.7. The maximum Gasteiger partial charge on any atom is 0.305 e. The van der Waals surface area contributed by atoms with Gasteiger partial charge in [0.05, 0.1) is 19.6 Å². The molecular weight excluding hydrogens is 833 g/mol. The number of esters is 2. The Labute approximate surface area is 395 Å². The van der Waals surface area contributed by atoms with E-state index >= 15 is 0 Å². The van der Waals surface area contributed by atoms with Crippen LogP contribution in [0.2, 0.25) is 0 Å². The maximum atomic E-state index is 12.6. The molecule has 1 unspecified atom stereocenters. The van der Waals surface area contributed by atoms with E-state index in [1.807, 2.05) is 0 Å². The molecule has 0 aliphatic carbocycles. The second kappa shape index (κ2) is 54.4. The van der Waals surface area contributed by atoms with Crippen LogP contribution < -0.4 is 5.48 Å². The molecule has 0 aliphatic rings. The predicted octanol–water partition coefficient (Wildman–Crippen LogP) is 12.0. The normalized spacial score (nSPS) is 11.9. The van der Waals surface area contributed by atoms with E-state index in [1.54, 1.807) is 0 Å². The molecule has 0 heterocycles. The van der Waals surface area contributed by atoms with Gasteiger partial charge in [-0.1, -0.05) is 155 Å². The summed E-state index contributed by atoms with van der Waals surface area (Å²) < 4.78 is 23.0. The molecule has 0 saturated heterocycles. The van der Waals surface area contributed by atoms with Gasteiger partial charge in [-0.2, -0.15) is 0 Å². The van der Waals surface area contributed by atoms with Crippen molar-refractivity contribution < 1.29 is 71.6 Å². The molecule has 0 fully saturated rings. The van der Waals surface area contributed by atoms with Crippen molar-refractivity contribution >= 4 is 11.9 Å². The van der Waals surface area contributed by atoms with Gasteiger partial charge in [0.25, 0.3) is 0 Å². The first kappa shape index (κ1) is 63.6. The zero-order valence-corrected chi connectivity index (χ0v) is 42.6. The topological polar surface area (TPSA) is 127 Å². The van der Waals surface area contributed by atoms with Gasteiger partial charge in [0, 0.05) is 84.4 Å². The second-order valence-electron chi connectivity index (χ2n) is 15.9. The molecular formula is C49H96N2O8Y. The Bertz CT molecular complexity index is 904. The molecule has 0 saturated carbocycles. The van der Waals surface area contributed by atoms with E-state index in [4.69, 9.17) is 24.1 Å². The summed E-state index contributed by atoms with van der Waals surface area (Å²) in [6, 6.07) is 0. The summed E-state index contributed by atoms with van der Waals surface area (Å²) in [5.74, 6) is -0.931. The number of nitrogens with zero attached hydrogens (tertiary/aromatic N) is 1. The molecule has 0 rings (SSSR count). The molecule has 11 heteroatoms. The molecule has 3 N–H and O–H groups in total. The van der Waals surface area contributed by atoms with Crippen molar-refractivity contribution in [1.29, 1.82) is 0 Å². The minimum absolute atomic E-state index is 0. The number of hydrogen-bond acceptors (Lipinski definition) is 10. The SMILES string of the molecule is CCCCC/C=C\C/C=C\CCCCCCCC(=O)OCC(CNO)COC(=O)CCC(OCCCCCCCC)OCCCCCCCC.CCN(CC)CCCO.[Y]. The fourth-order valence-corrected chi connectivity index (χ4v) is 6.42. The first-order valence-corrected chi connectivity index (χ1v) is 24.5.